The first-order valence-electron chi connectivity index (χ1n) is 12.6. The molecule has 1 atom stereocenters. The maximum atomic E-state index is 13.7. The van der Waals surface area contributed by atoms with Crippen LogP contribution < -0.4 is 24.4 Å². The molecule has 8 nitrogen and oxygen atoms in total. The summed E-state index contributed by atoms with van der Waals surface area (Å²) in [4.78, 5) is 26.3. The van der Waals surface area contributed by atoms with Crippen LogP contribution in [0.4, 0.5) is 0 Å². The van der Waals surface area contributed by atoms with E-state index in [0.717, 1.165) is 11.1 Å². The van der Waals surface area contributed by atoms with E-state index in [1.54, 1.807) is 62.8 Å². The van der Waals surface area contributed by atoms with Crippen molar-refractivity contribution in [3.8, 4) is 34.1 Å². The molecule has 1 aromatic heterocycles. The van der Waals surface area contributed by atoms with Gasteiger partial charge in [-0.2, -0.15) is 0 Å². The van der Waals surface area contributed by atoms with E-state index in [1.807, 2.05) is 13.0 Å². The molecule has 0 bridgehead atoms. The Bertz CT molecular complexity index is 1580. The van der Waals surface area contributed by atoms with E-state index in [9.17, 15) is 9.59 Å². The van der Waals surface area contributed by atoms with E-state index < -0.39 is 11.9 Å². The molecule has 0 N–H and O–H groups in total. The quantitative estimate of drug-likeness (QED) is 0.164. The fourth-order valence-electron chi connectivity index (χ4n) is 4.54. The van der Waals surface area contributed by atoms with Crippen molar-refractivity contribution in [2.45, 2.75) is 19.3 Å². The van der Waals surface area contributed by atoms with Crippen molar-refractivity contribution in [2.75, 3.05) is 35.0 Å². The zero-order valence-corrected chi connectivity index (χ0v) is 23.2. The van der Waals surface area contributed by atoms with Crippen molar-refractivity contribution >= 4 is 16.9 Å². The largest absolute Gasteiger partial charge is 0.497 e. The molecule has 4 aromatic rings. The summed E-state index contributed by atoms with van der Waals surface area (Å²) < 4.78 is 33.5. The molecule has 4 rings (SSSR count). The van der Waals surface area contributed by atoms with Gasteiger partial charge < -0.3 is 28.1 Å². The molecule has 0 fully saturated rings. The smallest absolute Gasteiger partial charge is 0.306 e. The fourth-order valence-corrected chi connectivity index (χ4v) is 4.54. The number of carbonyl (C=O) groups excluding carboxylic acids is 1. The van der Waals surface area contributed by atoms with Crippen LogP contribution in [0.25, 0.3) is 22.1 Å². The van der Waals surface area contributed by atoms with Crippen LogP contribution in [0, 0.1) is 0 Å². The Morgan fingerprint density at radius 1 is 0.900 bits per heavy atom. The summed E-state index contributed by atoms with van der Waals surface area (Å²) >= 11 is 0. The Hall–Kier alpha value is -4.72. The van der Waals surface area contributed by atoms with E-state index in [-0.39, 0.29) is 11.8 Å². The van der Waals surface area contributed by atoms with Crippen LogP contribution >= 0.6 is 0 Å². The summed E-state index contributed by atoms with van der Waals surface area (Å²) in [6, 6.07) is 15.9. The minimum absolute atomic E-state index is 0.0367. The Kier molecular flexibility index (Phi) is 8.79. The lowest BCUT2D eigenvalue weighted by atomic mass is 9.86. The average molecular weight is 545 g/mol. The molecular weight excluding hydrogens is 512 g/mol. The lowest BCUT2D eigenvalue weighted by molar-refractivity contribution is -0.140. The first-order chi connectivity index (χ1) is 19.3. The van der Waals surface area contributed by atoms with Crippen LogP contribution in [-0.4, -0.2) is 41.0 Å². The Morgan fingerprint density at radius 2 is 1.60 bits per heavy atom. The number of benzene rings is 3. The molecule has 0 aliphatic rings. The van der Waals surface area contributed by atoms with Crippen molar-refractivity contribution in [3.63, 3.8) is 0 Å². The van der Waals surface area contributed by atoms with E-state index in [4.69, 9.17) is 28.1 Å². The molecule has 0 radical (unpaired) electrons. The molecule has 0 aliphatic heterocycles. The van der Waals surface area contributed by atoms with Crippen molar-refractivity contribution in [3.05, 3.63) is 94.4 Å². The molecule has 0 saturated heterocycles. The van der Waals surface area contributed by atoms with Crippen LogP contribution in [-0.2, 0) is 9.53 Å². The van der Waals surface area contributed by atoms with Crippen LogP contribution in [0.2, 0.25) is 0 Å². The molecule has 0 unspecified atom stereocenters. The predicted octanol–water partition coefficient (Wildman–Crippen LogP) is 6.14. The van der Waals surface area contributed by atoms with Gasteiger partial charge in [-0.1, -0.05) is 24.8 Å². The first-order valence-corrected chi connectivity index (χ1v) is 12.6. The van der Waals surface area contributed by atoms with Gasteiger partial charge in [-0.15, -0.1) is 0 Å². The number of fused-ring (bicyclic) bond motifs is 1. The molecule has 208 valence electrons. The molecular formula is C32H32O8. The van der Waals surface area contributed by atoms with Gasteiger partial charge in [-0.05, 0) is 60.0 Å². The van der Waals surface area contributed by atoms with Crippen molar-refractivity contribution < 1.29 is 32.9 Å². The third-order valence-corrected chi connectivity index (χ3v) is 6.57. The number of carbonyl (C=O) groups is 1. The molecule has 8 heteroatoms. The standard InChI is InChI=1S/C32H32O8/c1-19(2)17-39-26-13-9-21(15-28(26)37-5)24(16-29(33)38-6)30-27(36-4)14-12-23-31(34)25(18-40-32(23)30)20-7-10-22(35-3)11-8-20/h7-15,18,24H,1,16-17H2,2-6H3/t24-/m1/s1. The second-order valence-electron chi connectivity index (χ2n) is 9.25. The highest BCUT2D eigenvalue weighted by Crippen LogP contribution is 2.42. The van der Waals surface area contributed by atoms with Crippen molar-refractivity contribution in [1.29, 1.82) is 0 Å². The van der Waals surface area contributed by atoms with Gasteiger partial charge in [0.05, 0.1) is 45.8 Å². The van der Waals surface area contributed by atoms with Gasteiger partial charge in [-0.3, -0.25) is 9.59 Å². The molecule has 0 spiro atoms. The minimum atomic E-state index is -0.592. The SMILES string of the molecule is C=C(C)COc1ccc([C@@H](CC(=O)OC)c2c(OC)ccc3c(=O)c(-c4ccc(OC)cc4)coc23)cc1OC. The minimum Gasteiger partial charge on any atom is -0.497 e. The second kappa shape index (κ2) is 12.4. The lowest BCUT2D eigenvalue weighted by Gasteiger charge is -2.22. The van der Waals surface area contributed by atoms with Gasteiger partial charge in [-0.25, -0.2) is 0 Å². The number of ether oxygens (including phenoxy) is 5. The van der Waals surface area contributed by atoms with E-state index in [2.05, 4.69) is 6.58 Å². The third kappa shape index (κ3) is 5.81. The molecule has 0 amide bonds. The summed E-state index contributed by atoms with van der Waals surface area (Å²) in [5.74, 6) is 1.12. The molecule has 1 heterocycles. The first kappa shape index (κ1) is 28.3. The van der Waals surface area contributed by atoms with Crippen molar-refractivity contribution in [1.82, 2.24) is 0 Å². The Balaban J connectivity index is 1.90. The predicted molar refractivity (Wildman–Crippen MR) is 153 cm³/mol. The van der Waals surface area contributed by atoms with E-state index in [0.29, 0.717) is 57.3 Å². The van der Waals surface area contributed by atoms with Gasteiger partial charge in [0.25, 0.3) is 0 Å². The van der Waals surface area contributed by atoms with E-state index in [1.165, 1.54) is 20.5 Å². The lowest BCUT2D eigenvalue weighted by Crippen LogP contribution is -2.14. The molecule has 0 aliphatic carbocycles. The average Bonchev–Trinajstić information content (AvgIpc) is 2.98. The fraction of sp³-hybridized carbons (Fsp3) is 0.250. The van der Waals surface area contributed by atoms with Gasteiger partial charge in [0.1, 0.15) is 30.0 Å². The number of hydrogen-bond donors (Lipinski definition) is 0. The summed E-state index contributed by atoms with van der Waals surface area (Å²) in [7, 11) is 5.98. The third-order valence-electron chi connectivity index (χ3n) is 6.57. The van der Waals surface area contributed by atoms with Gasteiger partial charge in [0.2, 0.25) is 5.43 Å². The second-order valence-corrected chi connectivity index (χ2v) is 9.25. The number of hydrogen-bond acceptors (Lipinski definition) is 8. The summed E-state index contributed by atoms with van der Waals surface area (Å²) in [5, 5.41) is 0.354. The topological polar surface area (TPSA) is 93.4 Å². The summed E-state index contributed by atoms with van der Waals surface area (Å²) in [5.41, 5.74) is 3.31. The maximum Gasteiger partial charge on any atom is 0.306 e. The molecule has 40 heavy (non-hydrogen) atoms. The normalized spacial score (nSPS) is 11.5. The highest BCUT2D eigenvalue weighted by Gasteiger charge is 2.28. The van der Waals surface area contributed by atoms with Crippen LogP contribution in [0.1, 0.15) is 30.4 Å². The zero-order valence-electron chi connectivity index (χ0n) is 23.2. The number of methoxy groups -OCH3 is 4. The zero-order chi connectivity index (χ0) is 28.8. The van der Waals surface area contributed by atoms with E-state index >= 15 is 0 Å². The summed E-state index contributed by atoms with van der Waals surface area (Å²) in [6.45, 7) is 6.07. The number of rotatable bonds is 11. The van der Waals surface area contributed by atoms with Gasteiger partial charge in [0, 0.05) is 11.5 Å². The van der Waals surface area contributed by atoms with Gasteiger partial charge in [0.15, 0.2) is 11.5 Å². The highest BCUT2D eigenvalue weighted by molar-refractivity contribution is 5.87. The van der Waals surface area contributed by atoms with Crippen LogP contribution in [0.3, 0.4) is 0 Å². The van der Waals surface area contributed by atoms with Crippen LogP contribution in [0.5, 0.6) is 23.0 Å². The Labute approximate surface area is 232 Å². The molecule has 3 aromatic carbocycles. The van der Waals surface area contributed by atoms with Crippen LogP contribution in [0.15, 0.2) is 82.2 Å². The molecule has 0 saturated carbocycles. The Morgan fingerprint density at radius 3 is 2.23 bits per heavy atom. The summed E-state index contributed by atoms with van der Waals surface area (Å²) in [6.07, 6.45) is 1.39. The monoisotopic (exact) mass is 544 g/mol. The van der Waals surface area contributed by atoms with Crippen molar-refractivity contribution in [2.24, 2.45) is 0 Å². The van der Waals surface area contributed by atoms with Gasteiger partial charge >= 0.3 is 5.97 Å². The highest BCUT2D eigenvalue weighted by atomic mass is 16.5. The maximum absolute atomic E-state index is 13.7. The number of esters is 1.